The lowest BCUT2D eigenvalue weighted by atomic mass is 10.1. The van der Waals surface area contributed by atoms with Crippen LogP contribution < -0.4 is 16.3 Å². The van der Waals surface area contributed by atoms with E-state index in [0.29, 0.717) is 12.5 Å². The lowest BCUT2D eigenvalue weighted by Crippen LogP contribution is -2.28. The fourth-order valence-electron chi connectivity index (χ4n) is 2.93. The summed E-state index contributed by atoms with van der Waals surface area (Å²) in [6, 6.07) is 15.8. The van der Waals surface area contributed by atoms with Crippen molar-refractivity contribution in [3.63, 3.8) is 0 Å². The first-order valence-corrected chi connectivity index (χ1v) is 8.11. The normalized spacial score (nSPS) is 11.9. The van der Waals surface area contributed by atoms with Crippen molar-refractivity contribution in [2.45, 2.75) is 20.1 Å². The van der Waals surface area contributed by atoms with Crippen LogP contribution in [0.2, 0.25) is 0 Å². The molecule has 0 spiro atoms. The molecule has 2 aromatic carbocycles. The van der Waals surface area contributed by atoms with E-state index in [1.54, 1.807) is 4.57 Å². The highest BCUT2D eigenvalue weighted by Gasteiger charge is 2.21. The van der Waals surface area contributed by atoms with E-state index in [1.165, 1.54) is 10.2 Å². The molecule has 0 saturated carbocycles. The topological polar surface area (TPSA) is 63.9 Å². The summed E-state index contributed by atoms with van der Waals surface area (Å²) < 4.78 is 3.13. The summed E-state index contributed by atoms with van der Waals surface area (Å²) in [5.74, 6) is 0.700. The van der Waals surface area contributed by atoms with Crippen molar-refractivity contribution in [2.24, 2.45) is 0 Å². The summed E-state index contributed by atoms with van der Waals surface area (Å²) in [6.07, 6.45) is 0. The van der Waals surface area contributed by atoms with Crippen molar-refractivity contribution in [1.29, 1.82) is 0 Å². The van der Waals surface area contributed by atoms with E-state index in [-0.39, 0.29) is 18.1 Å². The second kappa shape index (κ2) is 7.13. The van der Waals surface area contributed by atoms with Gasteiger partial charge in [-0.3, -0.25) is 4.57 Å². The fourth-order valence-corrected chi connectivity index (χ4v) is 2.93. The van der Waals surface area contributed by atoms with E-state index in [1.807, 2.05) is 48.5 Å². The zero-order valence-electron chi connectivity index (χ0n) is 13.9. The van der Waals surface area contributed by atoms with Crippen molar-refractivity contribution in [2.75, 3.05) is 11.9 Å². The predicted molar refractivity (Wildman–Crippen MR) is 102 cm³/mol. The minimum atomic E-state index is -0.133. The van der Waals surface area contributed by atoms with E-state index in [9.17, 15) is 4.79 Å². The Morgan fingerprint density at radius 1 is 1.16 bits per heavy atom. The SMILES string of the molecule is CCNCc1ccc(-n2nc3n(c2=O)CNc2ccccc2-3)cc1.Cl. The molecule has 0 radical (unpaired) electrons. The molecule has 0 bridgehead atoms. The van der Waals surface area contributed by atoms with Crippen LogP contribution in [0.15, 0.2) is 53.3 Å². The van der Waals surface area contributed by atoms with Gasteiger partial charge in [0.15, 0.2) is 5.82 Å². The van der Waals surface area contributed by atoms with Crippen LogP contribution in [-0.2, 0) is 13.2 Å². The standard InChI is InChI=1S/C18H19N5O.ClH/c1-2-19-11-13-7-9-14(10-8-13)23-18(24)22-12-20-16-6-4-3-5-15(16)17(22)21-23;/h3-10,19-20H,2,11-12H2,1H3;1H. The van der Waals surface area contributed by atoms with Crippen LogP contribution in [0.3, 0.4) is 0 Å². The van der Waals surface area contributed by atoms with Crippen LogP contribution in [0.4, 0.5) is 5.69 Å². The van der Waals surface area contributed by atoms with Gasteiger partial charge in [0.2, 0.25) is 0 Å². The predicted octanol–water partition coefficient (Wildman–Crippen LogP) is 2.62. The van der Waals surface area contributed by atoms with Gasteiger partial charge in [-0.15, -0.1) is 17.5 Å². The third kappa shape index (κ3) is 3.06. The molecule has 1 aromatic heterocycles. The Hall–Kier alpha value is -2.57. The number of hydrogen-bond donors (Lipinski definition) is 2. The Morgan fingerprint density at radius 2 is 1.92 bits per heavy atom. The van der Waals surface area contributed by atoms with Crippen molar-refractivity contribution in [3.8, 4) is 17.1 Å². The van der Waals surface area contributed by atoms with Gasteiger partial charge in [0.05, 0.1) is 12.4 Å². The first-order valence-electron chi connectivity index (χ1n) is 8.11. The Labute approximate surface area is 151 Å². The van der Waals surface area contributed by atoms with Gasteiger partial charge in [-0.2, -0.15) is 4.68 Å². The Kier molecular flexibility index (Phi) is 4.92. The summed E-state index contributed by atoms with van der Waals surface area (Å²) in [5, 5.41) is 11.1. The van der Waals surface area contributed by atoms with Crippen LogP contribution in [0.5, 0.6) is 0 Å². The highest BCUT2D eigenvalue weighted by atomic mass is 35.5. The number of halogens is 1. The Morgan fingerprint density at radius 3 is 2.68 bits per heavy atom. The Bertz CT molecular complexity index is 929. The molecule has 4 rings (SSSR count). The number of hydrogen-bond acceptors (Lipinski definition) is 4. The second-order valence-electron chi connectivity index (χ2n) is 5.77. The maximum Gasteiger partial charge on any atom is 0.352 e. The van der Waals surface area contributed by atoms with Gasteiger partial charge < -0.3 is 10.6 Å². The van der Waals surface area contributed by atoms with Crippen LogP contribution in [-0.4, -0.2) is 20.9 Å². The molecule has 0 fully saturated rings. The molecule has 3 aromatic rings. The maximum atomic E-state index is 12.7. The lowest BCUT2D eigenvalue weighted by Gasteiger charge is -2.17. The van der Waals surface area contributed by atoms with Gasteiger partial charge in [0, 0.05) is 17.8 Å². The van der Waals surface area contributed by atoms with E-state index in [4.69, 9.17) is 0 Å². The summed E-state index contributed by atoms with van der Waals surface area (Å²) in [5.41, 5.74) is 3.78. The highest BCUT2D eigenvalue weighted by molar-refractivity contribution is 5.85. The number of rotatable bonds is 4. The molecule has 0 saturated heterocycles. The molecule has 0 unspecified atom stereocenters. The quantitative estimate of drug-likeness (QED) is 0.753. The van der Waals surface area contributed by atoms with Crippen LogP contribution in [0.25, 0.3) is 17.1 Å². The average molecular weight is 358 g/mol. The van der Waals surface area contributed by atoms with Crippen molar-refractivity contribution in [3.05, 3.63) is 64.6 Å². The number of nitrogens with one attached hydrogen (secondary N) is 2. The Balaban J connectivity index is 0.00000182. The maximum absolute atomic E-state index is 12.7. The number of anilines is 1. The third-order valence-corrected chi connectivity index (χ3v) is 4.22. The minimum Gasteiger partial charge on any atom is -0.367 e. The molecule has 1 aliphatic heterocycles. The van der Waals surface area contributed by atoms with Crippen molar-refractivity contribution < 1.29 is 0 Å². The molecule has 130 valence electrons. The molecule has 7 heteroatoms. The summed E-state index contributed by atoms with van der Waals surface area (Å²) in [7, 11) is 0. The molecule has 2 heterocycles. The van der Waals surface area contributed by atoms with Crippen LogP contribution in [0, 0.1) is 0 Å². The molecule has 0 atom stereocenters. The first kappa shape index (κ1) is 17.3. The third-order valence-electron chi connectivity index (χ3n) is 4.22. The van der Waals surface area contributed by atoms with Gasteiger partial charge in [-0.1, -0.05) is 31.2 Å². The molecule has 0 amide bonds. The number of fused-ring (bicyclic) bond motifs is 3. The summed E-state index contributed by atoms with van der Waals surface area (Å²) in [6.45, 7) is 4.27. The average Bonchev–Trinajstić information content (AvgIpc) is 2.98. The van der Waals surface area contributed by atoms with Crippen molar-refractivity contribution >= 4 is 18.1 Å². The van der Waals surface area contributed by atoms with Crippen molar-refractivity contribution in [1.82, 2.24) is 19.7 Å². The number of benzene rings is 2. The van der Waals surface area contributed by atoms with Crippen LogP contribution in [0.1, 0.15) is 12.5 Å². The molecule has 6 nitrogen and oxygen atoms in total. The van der Waals surface area contributed by atoms with Gasteiger partial charge in [-0.05, 0) is 36.4 Å². The largest absolute Gasteiger partial charge is 0.367 e. The number of para-hydroxylation sites is 1. The molecule has 0 aliphatic carbocycles. The zero-order chi connectivity index (χ0) is 16.5. The van der Waals surface area contributed by atoms with Gasteiger partial charge in [0.1, 0.15) is 0 Å². The minimum absolute atomic E-state index is 0. The van der Waals surface area contributed by atoms with E-state index < -0.39 is 0 Å². The molecule has 2 N–H and O–H groups in total. The molecule has 25 heavy (non-hydrogen) atoms. The van der Waals surface area contributed by atoms with Gasteiger partial charge in [0.25, 0.3) is 0 Å². The highest BCUT2D eigenvalue weighted by Crippen LogP contribution is 2.29. The van der Waals surface area contributed by atoms with Gasteiger partial charge >= 0.3 is 5.69 Å². The molecular formula is C18H20ClN5O. The lowest BCUT2D eigenvalue weighted by molar-refractivity contribution is 0.716. The molecule has 1 aliphatic rings. The van der Waals surface area contributed by atoms with Crippen LogP contribution >= 0.6 is 12.4 Å². The zero-order valence-corrected chi connectivity index (χ0v) is 14.7. The number of nitrogens with zero attached hydrogens (tertiary/aromatic N) is 3. The van der Waals surface area contributed by atoms with E-state index in [2.05, 4.69) is 22.7 Å². The second-order valence-corrected chi connectivity index (χ2v) is 5.77. The smallest absolute Gasteiger partial charge is 0.352 e. The summed E-state index contributed by atoms with van der Waals surface area (Å²) >= 11 is 0. The van der Waals surface area contributed by atoms with Gasteiger partial charge in [-0.25, -0.2) is 4.79 Å². The summed E-state index contributed by atoms with van der Waals surface area (Å²) in [4.78, 5) is 12.7. The van der Waals surface area contributed by atoms with E-state index >= 15 is 0 Å². The monoisotopic (exact) mass is 357 g/mol. The first-order chi connectivity index (χ1) is 11.8. The number of aromatic nitrogens is 3. The van der Waals surface area contributed by atoms with E-state index in [0.717, 1.165) is 30.0 Å². The fraction of sp³-hybridized carbons (Fsp3) is 0.222. The molecular weight excluding hydrogens is 338 g/mol.